The van der Waals surface area contributed by atoms with E-state index in [9.17, 15) is 9.59 Å². The van der Waals surface area contributed by atoms with Crippen molar-refractivity contribution in [2.75, 3.05) is 19.8 Å². The Morgan fingerprint density at radius 2 is 2.44 bits per heavy atom. The van der Waals surface area contributed by atoms with Crippen LogP contribution in [0.4, 0.5) is 0 Å². The van der Waals surface area contributed by atoms with Crippen molar-refractivity contribution in [2.45, 2.75) is 25.8 Å². The normalized spacial score (nSPS) is 24.8. The molecule has 1 atom stereocenters. The molecular weight excluding hydrogens is 210 g/mol. The van der Waals surface area contributed by atoms with Crippen LogP contribution in [0.5, 0.6) is 0 Å². The van der Waals surface area contributed by atoms with Crippen LogP contribution in [0, 0.1) is 0 Å². The summed E-state index contributed by atoms with van der Waals surface area (Å²) in [6.07, 6.45) is 0.971. The first-order chi connectivity index (χ1) is 7.72. The van der Waals surface area contributed by atoms with Crippen molar-refractivity contribution in [1.29, 1.82) is 0 Å². The first-order valence-electron chi connectivity index (χ1n) is 5.50. The third-order valence-corrected chi connectivity index (χ3v) is 2.72. The van der Waals surface area contributed by atoms with E-state index < -0.39 is 0 Å². The number of hydrogen-bond acceptors (Lipinski definition) is 5. The van der Waals surface area contributed by atoms with Gasteiger partial charge < -0.3 is 14.8 Å². The van der Waals surface area contributed by atoms with E-state index in [0.29, 0.717) is 43.9 Å². The Bertz CT molecular complexity index is 348. The molecule has 0 aromatic rings. The van der Waals surface area contributed by atoms with E-state index in [2.05, 4.69) is 5.32 Å². The maximum atomic E-state index is 11.6. The molecule has 5 nitrogen and oxygen atoms in total. The summed E-state index contributed by atoms with van der Waals surface area (Å²) in [5.41, 5.74) is 0.578. The number of Topliss-reactive ketones (excluding diaryl/α,β-unsaturated/α-hetero) is 1. The summed E-state index contributed by atoms with van der Waals surface area (Å²) in [6, 6.07) is -0.144. The van der Waals surface area contributed by atoms with E-state index in [1.54, 1.807) is 6.92 Å². The van der Waals surface area contributed by atoms with Crippen molar-refractivity contribution in [3.63, 3.8) is 0 Å². The molecule has 0 aromatic carbocycles. The van der Waals surface area contributed by atoms with Crippen LogP contribution < -0.4 is 5.32 Å². The number of carbonyl (C=O) groups is 2. The molecule has 16 heavy (non-hydrogen) atoms. The molecule has 0 aromatic heterocycles. The standard InChI is InChI=1S/C11H15NO4/c1-2-15-11(14)8-3-4-16-10(8)9-5-7(13)6-12-9/h9,12H,2-6H2,1H3. The highest BCUT2D eigenvalue weighted by Crippen LogP contribution is 2.26. The van der Waals surface area contributed by atoms with Crippen LogP contribution in [0.3, 0.4) is 0 Å². The molecule has 0 bridgehead atoms. The van der Waals surface area contributed by atoms with Gasteiger partial charge in [-0.25, -0.2) is 4.79 Å². The molecule has 2 rings (SSSR count). The van der Waals surface area contributed by atoms with Crippen LogP contribution in [0.1, 0.15) is 19.8 Å². The van der Waals surface area contributed by atoms with Gasteiger partial charge in [0.2, 0.25) is 0 Å². The average Bonchev–Trinajstić information content (AvgIpc) is 2.85. The predicted molar refractivity (Wildman–Crippen MR) is 55.6 cm³/mol. The highest BCUT2D eigenvalue weighted by Gasteiger charge is 2.33. The van der Waals surface area contributed by atoms with Crippen LogP contribution in [0.25, 0.3) is 0 Å². The predicted octanol–water partition coefficient (Wildman–Crippen LogP) is 0.155. The lowest BCUT2D eigenvalue weighted by atomic mass is 10.1. The molecule has 2 aliphatic heterocycles. The second kappa shape index (κ2) is 4.65. The van der Waals surface area contributed by atoms with Crippen molar-refractivity contribution < 1.29 is 19.1 Å². The van der Waals surface area contributed by atoms with E-state index in [-0.39, 0.29) is 17.8 Å². The Balaban J connectivity index is 2.13. The molecule has 2 aliphatic rings. The molecule has 1 saturated heterocycles. The smallest absolute Gasteiger partial charge is 0.337 e. The lowest BCUT2D eigenvalue weighted by molar-refractivity contribution is -0.138. The summed E-state index contributed by atoms with van der Waals surface area (Å²) < 4.78 is 10.4. The van der Waals surface area contributed by atoms with Crippen molar-refractivity contribution in [3.8, 4) is 0 Å². The summed E-state index contributed by atoms with van der Waals surface area (Å²) >= 11 is 0. The quantitative estimate of drug-likeness (QED) is 0.693. The molecule has 0 radical (unpaired) electrons. The Morgan fingerprint density at radius 1 is 1.62 bits per heavy atom. The number of rotatable bonds is 3. The highest BCUT2D eigenvalue weighted by molar-refractivity contribution is 5.90. The van der Waals surface area contributed by atoms with Gasteiger partial charge in [-0.05, 0) is 6.92 Å². The fraction of sp³-hybridized carbons (Fsp3) is 0.636. The molecule has 0 spiro atoms. The molecule has 1 unspecified atom stereocenters. The summed E-state index contributed by atoms with van der Waals surface area (Å²) in [5.74, 6) is 0.427. The average molecular weight is 225 g/mol. The number of esters is 1. The third kappa shape index (κ3) is 2.09. The zero-order chi connectivity index (χ0) is 11.5. The number of carbonyl (C=O) groups excluding carboxylic acids is 2. The summed E-state index contributed by atoms with van der Waals surface area (Å²) in [6.45, 7) is 2.97. The largest absolute Gasteiger partial charge is 0.495 e. The summed E-state index contributed by atoms with van der Waals surface area (Å²) in [4.78, 5) is 22.8. The summed E-state index contributed by atoms with van der Waals surface area (Å²) in [5, 5.41) is 3.04. The van der Waals surface area contributed by atoms with Gasteiger partial charge in [0.25, 0.3) is 0 Å². The van der Waals surface area contributed by atoms with E-state index in [1.807, 2.05) is 0 Å². The minimum atomic E-state index is -0.323. The van der Waals surface area contributed by atoms with Gasteiger partial charge in [-0.1, -0.05) is 0 Å². The van der Waals surface area contributed by atoms with Crippen LogP contribution in [0.15, 0.2) is 11.3 Å². The van der Waals surface area contributed by atoms with Crippen LogP contribution >= 0.6 is 0 Å². The van der Waals surface area contributed by atoms with Crippen LogP contribution in [-0.4, -0.2) is 37.6 Å². The fourth-order valence-corrected chi connectivity index (χ4v) is 2.00. The van der Waals surface area contributed by atoms with Gasteiger partial charge in [0, 0.05) is 12.8 Å². The number of ketones is 1. The van der Waals surface area contributed by atoms with Gasteiger partial charge >= 0.3 is 5.97 Å². The lowest BCUT2D eigenvalue weighted by Gasteiger charge is -2.12. The molecule has 5 heteroatoms. The van der Waals surface area contributed by atoms with Gasteiger partial charge in [0.1, 0.15) is 11.5 Å². The minimum absolute atomic E-state index is 0.144. The van der Waals surface area contributed by atoms with Crippen LogP contribution in [-0.2, 0) is 19.1 Å². The second-order valence-electron chi connectivity index (χ2n) is 3.84. The van der Waals surface area contributed by atoms with Crippen molar-refractivity contribution in [3.05, 3.63) is 11.3 Å². The first-order valence-corrected chi connectivity index (χ1v) is 5.50. The molecule has 1 fully saturated rings. The topological polar surface area (TPSA) is 64.6 Å². The lowest BCUT2D eigenvalue weighted by Crippen LogP contribution is -2.25. The molecular formula is C11H15NO4. The van der Waals surface area contributed by atoms with Gasteiger partial charge in [-0.2, -0.15) is 0 Å². The Hall–Kier alpha value is -1.36. The Morgan fingerprint density at radius 3 is 3.06 bits per heavy atom. The van der Waals surface area contributed by atoms with E-state index in [1.165, 1.54) is 0 Å². The van der Waals surface area contributed by atoms with Crippen molar-refractivity contribution >= 4 is 11.8 Å². The molecule has 0 saturated carbocycles. The Kier molecular flexibility index (Phi) is 3.24. The summed E-state index contributed by atoms with van der Waals surface area (Å²) in [7, 11) is 0. The Labute approximate surface area is 93.8 Å². The van der Waals surface area contributed by atoms with Gasteiger partial charge in [-0.15, -0.1) is 0 Å². The fourth-order valence-electron chi connectivity index (χ4n) is 2.00. The SMILES string of the molecule is CCOC(=O)C1=C(C2CC(=O)CN2)OCC1. The molecule has 1 N–H and O–H groups in total. The van der Waals surface area contributed by atoms with Gasteiger partial charge in [0.15, 0.2) is 0 Å². The van der Waals surface area contributed by atoms with Gasteiger partial charge in [0.05, 0.1) is 31.4 Å². The third-order valence-electron chi connectivity index (χ3n) is 2.72. The number of hydrogen-bond donors (Lipinski definition) is 1. The second-order valence-corrected chi connectivity index (χ2v) is 3.84. The first kappa shape index (κ1) is 11.1. The number of ether oxygens (including phenoxy) is 2. The monoisotopic (exact) mass is 225 g/mol. The van der Waals surface area contributed by atoms with E-state index in [4.69, 9.17) is 9.47 Å². The zero-order valence-corrected chi connectivity index (χ0v) is 9.25. The van der Waals surface area contributed by atoms with Crippen molar-refractivity contribution in [1.82, 2.24) is 5.32 Å². The van der Waals surface area contributed by atoms with E-state index >= 15 is 0 Å². The number of nitrogens with one attached hydrogen (secondary N) is 1. The minimum Gasteiger partial charge on any atom is -0.495 e. The van der Waals surface area contributed by atoms with E-state index in [0.717, 1.165) is 0 Å². The maximum absolute atomic E-state index is 11.6. The molecule has 88 valence electrons. The van der Waals surface area contributed by atoms with Gasteiger partial charge in [-0.3, -0.25) is 4.79 Å². The van der Waals surface area contributed by atoms with Crippen molar-refractivity contribution in [2.24, 2.45) is 0 Å². The zero-order valence-electron chi connectivity index (χ0n) is 9.25. The molecule has 2 heterocycles. The highest BCUT2D eigenvalue weighted by atomic mass is 16.5. The maximum Gasteiger partial charge on any atom is 0.337 e. The molecule has 0 amide bonds. The van der Waals surface area contributed by atoms with Crippen LogP contribution in [0.2, 0.25) is 0 Å². The molecule has 0 aliphatic carbocycles.